The fourth-order valence-electron chi connectivity index (χ4n) is 3.93. The maximum Gasteiger partial charge on any atom is 0.0647 e. The van der Waals surface area contributed by atoms with Crippen LogP contribution in [0.25, 0.3) is 5.57 Å². The summed E-state index contributed by atoms with van der Waals surface area (Å²) in [7, 11) is -0.719. The average Bonchev–Trinajstić information content (AvgIpc) is 2.75. The van der Waals surface area contributed by atoms with E-state index in [1.54, 1.807) is 0 Å². The first-order chi connectivity index (χ1) is 14.1. The molecule has 0 bridgehead atoms. The van der Waals surface area contributed by atoms with Gasteiger partial charge in [0.2, 0.25) is 0 Å². The van der Waals surface area contributed by atoms with Gasteiger partial charge in [0.1, 0.15) is 0 Å². The molecule has 2 rings (SSSR count). The van der Waals surface area contributed by atoms with Crippen LogP contribution >= 0.6 is 0 Å². The molecule has 0 spiro atoms. The van der Waals surface area contributed by atoms with Crippen molar-refractivity contribution in [2.24, 2.45) is 0 Å². The largest absolute Gasteiger partial charge is 0.0906 e. The van der Waals surface area contributed by atoms with Crippen molar-refractivity contribution >= 4 is 19.6 Å². The summed E-state index contributed by atoms with van der Waals surface area (Å²) in [6.45, 7) is 11.4. The molecule has 0 heterocycles. The number of unbranched alkanes of at least 4 members (excludes halogenated alkanes) is 9. The van der Waals surface area contributed by atoms with E-state index in [1.165, 1.54) is 92.5 Å². The monoisotopic (exact) mass is 406 g/mol. The molecule has 2 aromatic rings. The molecule has 0 aliphatic carbocycles. The Morgan fingerprint density at radius 2 is 1.10 bits per heavy atom. The summed E-state index contributed by atoms with van der Waals surface area (Å²) in [5.41, 5.74) is 5.08. The van der Waals surface area contributed by atoms with E-state index in [0.717, 1.165) is 5.57 Å². The fourth-order valence-corrected chi connectivity index (χ4v) is 4.89. The molecule has 2 aromatic carbocycles. The lowest BCUT2D eigenvalue weighted by Gasteiger charge is -2.10. The van der Waals surface area contributed by atoms with E-state index >= 15 is 0 Å². The highest BCUT2D eigenvalue weighted by molar-refractivity contribution is 6.70. The van der Waals surface area contributed by atoms with Crippen molar-refractivity contribution < 1.29 is 0 Å². The summed E-state index contributed by atoms with van der Waals surface area (Å²) >= 11 is 0. The summed E-state index contributed by atoms with van der Waals surface area (Å²) in [5.74, 6) is 0. The molecule has 0 atom stereocenters. The molecule has 0 unspecified atom stereocenters. The summed E-state index contributed by atoms with van der Waals surface area (Å²) in [6, 6.07) is 18.1. The third-order valence-electron chi connectivity index (χ3n) is 6.05. The molecule has 0 aromatic heterocycles. The standard InChI is InChI=1S/C28H42Si/c1-5-6-7-8-9-10-11-12-13-14-15-25-16-18-26(19-17-25)24(2)27-20-22-28(23-21-27)29(3)4/h16-23,29H,2,5-15H2,1,3-4H3. The summed E-state index contributed by atoms with van der Waals surface area (Å²) in [4.78, 5) is 0. The van der Waals surface area contributed by atoms with Gasteiger partial charge < -0.3 is 0 Å². The quantitative estimate of drug-likeness (QED) is 0.221. The van der Waals surface area contributed by atoms with Gasteiger partial charge >= 0.3 is 0 Å². The summed E-state index contributed by atoms with van der Waals surface area (Å²) in [5, 5.41) is 1.52. The van der Waals surface area contributed by atoms with Gasteiger partial charge in [0.05, 0.1) is 8.80 Å². The third kappa shape index (κ3) is 8.74. The van der Waals surface area contributed by atoms with Crippen molar-refractivity contribution in [3.8, 4) is 0 Å². The predicted octanol–water partition coefficient (Wildman–Crippen LogP) is 7.91. The second-order valence-electron chi connectivity index (χ2n) is 8.88. The van der Waals surface area contributed by atoms with E-state index < -0.39 is 8.80 Å². The molecule has 0 amide bonds. The van der Waals surface area contributed by atoms with Crippen LogP contribution in [-0.4, -0.2) is 8.80 Å². The van der Waals surface area contributed by atoms with E-state index in [0.29, 0.717) is 0 Å². The van der Waals surface area contributed by atoms with Crippen LogP contribution in [0.4, 0.5) is 0 Å². The van der Waals surface area contributed by atoms with Gasteiger partial charge in [-0.3, -0.25) is 0 Å². The van der Waals surface area contributed by atoms with E-state index in [2.05, 4.69) is 75.1 Å². The number of hydrogen-bond donors (Lipinski definition) is 0. The first-order valence-corrected chi connectivity index (χ1v) is 14.9. The molecular weight excluding hydrogens is 364 g/mol. The highest BCUT2D eigenvalue weighted by Gasteiger charge is 2.05. The van der Waals surface area contributed by atoms with Gasteiger partial charge in [0, 0.05) is 0 Å². The first kappa shape index (κ1) is 23.7. The van der Waals surface area contributed by atoms with Crippen LogP contribution in [0.1, 0.15) is 87.8 Å². The number of rotatable bonds is 14. The second-order valence-corrected chi connectivity index (χ2v) is 11.9. The van der Waals surface area contributed by atoms with Gasteiger partial charge in [-0.1, -0.05) is 138 Å². The van der Waals surface area contributed by atoms with Crippen LogP contribution in [-0.2, 0) is 6.42 Å². The van der Waals surface area contributed by atoms with Crippen LogP contribution in [0.3, 0.4) is 0 Å². The Bertz CT molecular complexity index is 694. The molecule has 158 valence electrons. The van der Waals surface area contributed by atoms with E-state index in [4.69, 9.17) is 0 Å². The topological polar surface area (TPSA) is 0 Å². The zero-order valence-corrected chi connectivity index (χ0v) is 20.3. The van der Waals surface area contributed by atoms with Crippen LogP contribution < -0.4 is 5.19 Å². The van der Waals surface area contributed by atoms with Crippen LogP contribution in [0.5, 0.6) is 0 Å². The third-order valence-corrected chi connectivity index (χ3v) is 7.77. The van der Waals surface area contributed by atoms with Gasteiger partial charge in [-0.05, 0) is 35.1 Å². The molecule has 0 fully saturated rings. The number of aryl methyl sites for hydroxylation is 1. The molecule has 0 saturated heterocycles. The first-order valence-electron chi connectivity index (χ1n) is 12.0. The van der Waals surface area contributed by atoms with Gasteiger partial charge in [0.25, 0.3) is 0 Å². The van der Waals surface area contributed by atoms with Crippen LogP contribution in [0, 0.1) is 0 Å². The molecular formula is C28H42Si. The Hall–Kier alpha value is -1.60. The molecule has 0 N–H and O–H groups in total. The lowest BCUT2D eigenvalue weighted by molar-refractivity contribution is 0.556. The highest BCUT2D eigenvalue weighted by Crippen LogP contribution is 2.22. The minimum absolute atomic E-state index is 0.719. The van der Waals surface area contributed by atoms with Gasteiger partial charge in [-0.2, -0.15) is 0 Å². The van der Waals surface area contributed by atoms with Crippen LogP contribution in [0.15, 0.2) is 55.1 Å². The predicted molar refractivity (Wildman–Crippen MR) is 135 cm³/mol. The van der Waals surface area contributed by atoms with Gasteiger partial charge in [-0.15, -0.1) is 0 Å². The zero-order chi connectivity index (χ0) is 20.9. The maximum absolute atomic E-state index is 4.34. The lowest BCUT2D eigenvalue weighted by atomic mass is 9.97. The van der Waals surface area contributed by atoms with Crippen molar-refractivity contribution in [1.29, 1.82) is 0 Å². The fraction of sp³-hybridized carbons (Fsp3) is 0.500. The Morgan fingerprint density at radius 1 is 0.655 bits per heavy atom. The molecule has 0 radical (unpaired) electrons. The van der Waals surface area contributed by atoms with E-state index in [-0.39, 0.29) is 0 Å². The normalized spacial score (nSPS) is 11.2. The minimum Gasteiger partial charge on any atom is -0.0906 e. The zero-order valence-electron chi connectivity index (χ0n) is 19.2. The molecule has 29 heavy (non-hydrogen) atoms. The number of benzene rings is 2. The molecule has 0 nitrogen and oxygen atoms in total. The SMILES string of the molecule is C=C(c1ccc(CCCCCCCCCCCC)cc1)c1ccc([SiH](C)C)cc1. The minimum atomic E-state index is -0.719. The Kier molecular flexibility index (Phi) is 11.1. The molecule has 0 saturated carbocycles. The smallest absolute Gasteiger partial charge is 0.0647 e. The van der Waals surface area contributed by atoms with Crippen LogP contribution in [0.2, 0.25) is 13.1 Å². The summed E-state index contributed by atoms with van der Waals surface area (Å²) in [6.07, 6.45) is 15.2. The maximum atomic E-state index is 4.34. The van der Waals surface area contributed by atoms with Gasteiger partial charge in [0.15, 0.2) is 0 Å². The Balaban J connectivity index is 1.67. The molecule has 0 aliphatic rings. The van der Waals surface area contributed by atoms with Crippen molar-refractivity contribution in [2.45, 2.75) is 90.6 Å². The van der Waals surface area contributed by atoms with Crippen molar-refractivity contribution in [1.82, 2.24) is 0 Å². The molecule has 1 heteroatoms. The molecule has 0 aliphatic heterocycles. The lowest BCUT2D eigenvalue weighted by Crippen LogP contribution is -2.21. The number of hydrogen-bond acceptors (Lipinski definition) is 0. The average molecular weight is 407 g/mol. The van der Waals surface area contributed by atoms with Gasteiger partial charge in [-0.25, -0.2) is 0 Å². The van der Waals surface area contributed by atoms with Crippen molar-refractivity contribution in [2.75, 3.05) is 0 Å². The van der Waals surface area contributed by atoms with Crippen molar-refractivity contribution in [3.63, 3.8) is 0 Å². The highest BCUT2D eigenvalue weighted by atomic mass is 28.3. The second kappa shape index (κ2) is 13.6. The van der Waals surface area contributed by atoms with E-state index in [9.17, 15) is 0 Å². The van der Waals surface area contributed by atoms with Crippen molar-refractivity contribution in [3.05, 3.63) is 71.8 Å². The van der Waals surface area contributed by atoms with E-state index in [1.807, 2.05) is 0 Å². The Labute approximate surface area is 182 Å². The Morgan fingerprint density at radius 3 is 1.59 bits per heavy atom. The summed E-state index contributed by atoms with van der Waals surface area (Å²) < 4.78 is 0.